The zero-order chi connectivity index (χ0) is 15.2. The third-order valence-electron chi connectivity index (χ3n) is 2.57. The van der Waals surface area contributed by atoms with Gasteiger partial charge >= 0.3 is 0 Å². The number of carbonyl (C=O) groups is 2. The fourth-order valence-corrected chi connectivity index (χ4v) is 2.43. The van der Waals surface area contributed by atoms with E-state index in [0.29, 0.717) is 23.3 Å². The molecule has 2 aromatic rings. The highest BCUT2D eigenvalue weighted by Gasteiger charge is 2.08. The molecule has 0 spiro atoms. The lowest BCUT2D eigenvalue weighted by atomic mass is 10.2. The topological polar surface area (TPSA) is 55.4 Å². The molecule has 0 unspecified atom stereocenters. The highest BCUT2D eigenvalue weighted by molar-refractivity contribution is 9.10. The number of nitrogens with one attached hydrogen (secondary N) is 1. The van der Waals surface area contributed by atoms with Gasteiger partial charge in [0, 0.05) is 14.6 Å². The Hall–Kier alpha value is -1.66. The van der Waals surface area contributed by atoms with Gasteiger partial charge in [-0.1, -0.05) is 37.9 Å². The molecule has 108 valence electrons. The van der Waals surface area contributed by atoms with Crippen LogP contribution in [0.2, 0.25) is 0 Å². The largest absolute Gasteiger partial charge is 0.483 e. The molecule has 1 amide bonds. The summed E-state index contributed by atoms with van der Waals surface area (Å²) in [7, 11) is 0. The molecule has 4 nitrogen and oxygen atoms in total. The molecule has 0 aliphatic heterocycles. The van der Waals surface area contributed by atoms with Crippen LogP contribution in [0.1, 0.15) is 10.4 Å². The molecule has 0 aliphatic carbocycles. The highest BCUT2D eigenvalue weighted by Crippen LogP contribution is 2.22. The monoisotopic (exact) mass is 411 g/mol. The van der Waals surface area contributed by atoms with Crippen molar-refractivity contribution in [2.45, 2.75) is 0 Å². The Balaban J connectivity index is 1.97. The first-order valence-electron chi connectivity index (χ1n) is 6.01. The fraction of sp³-hybridized carbons (Fsp3) is 0.0667. The number of amides is 1. The predicted molar refractivity (Wildman–Crippen MR) is 87.8 cm³/mol. The molecule has 0 radical (unpaired) electrons. The summed E-state index contributed by atoms with van der Waals surface area (Å²) in [6, 6.07) is 12.3. The van der Waals surface area contributed by atoms with Gasteiger partial charge in [-0.2, -0.15) is 0 Å². The maximum Gasteiger partial charge on any atom is 0.262 e. The van der Waals surface area contributed by atoms with Crippen LogP contribution in [0.15, 0.2) is 51.4 Å². The van der Waals surface area contributed by atoms with Crippen LogP contribution in [0.25, 0.3) is 0 Å². The number of ether oxygens (including phenoxy) is 1. The lowest BCUT2D eigenvalue weighted by Gasteiger charge is -2.09. The van der Waals surface area contributed by atoms with E-state index in [9.17, 15) is 9.59 Å². The number of halogens is 2. The molecule has 0 aromatic heterocycles. The van der Waals surface area contributed by atoms with E-state index in [4.69, 9.17) is 4.74 Å². The Labute approximate surface area is 138 Å². The van der Waals surface area contributed by atoms with Crippen LogP contribution in [-0.2, 0) is 4.79 Å². The standard InChI is InChI=1S/C15H11Br2NO3/c16-11-2-1-3-13(7-11)18-15(20)9-21-14-5-4-12(17)6-10(14)8-19/h1-8H,9H2,(H,18,20). The quantitative estimate of drug-likeness (QED) is 0.754. The molecular formula is C15H11Br2NO3. The van der Waals surface area contributed by atoms with E-state index < -0.39 is 0 Å². The van der Waals surface area contributed by atoms with E-state index in [1.807, 2.05) is 12.1 Å². The summed E-state index contributed by atoms with van der Waals surface area (Å²) in [6.07, 6.45) is 0.687. The Bertz CT molecular complexity index is 674. The average Bonchev–Trinajstić information content (AvgIpc) is 2.45. The van der Waals surface area contributed by atoms with Gasteiger partial charge in [0.2, 0.25) is 0 Å². The number of hydrogen-bond acceptors (Lipinski definition) is 3. The molecule has 0 atom stereocenters. The van der Waals surface area contributed by atoms with Crippen molar-refractivity contribution in [3.63, 3.8) is 0 Å². The van der Waals surface area contributed by atoms with Crippen molar-refractivity contribution in [3.8, 4) is 5.75 Å². The minimum Gasteiger partial charge on any atom is -0.483 e. The van der Waals surface area contributed by atoms with E-state index in [1.54, 1.807) is 30.3 Å². The van der Waals surface area contributed by atoms with E-state index in [1.165, 1.54) is 0 Å². The van der Waals surface area contributed by atoms with E-state index in [2.05, 4.69) is 37.2 Å². The number of hydrogen-bond donors (Lipinski definition) is 1. The molecule has 0 heterocycles. The molecule has 0 saturated heterocycles. The van der Waals surface area contributed by atoms with Crippen LogP contribution in [0.3, 0.4) is 0 Å². The number of rotatable bonds is 5. The second-order valence-electron chi connectivity index (χ2n) is 4.15. The first kappa shape index (κ1) is 15.7. The van der Waals surface area contributed by atoms with Gasteiger partial charge in [0.05, 0.1) is 5.56 Å². The average molecular weight is 413 g/mol. The van der Waals surface area contributed by atoms with E-state index >= 15 is 0 Å². The van der Waals surface area contributed by atoms with Gasteiger partial charge < -0.3 is 10.1 Å². The first-order valence-corrected chi connectivity index (χ1v) is 7.60. The van der Waals surface area contributed by atoms with Crippen LogP contribution in [-0.4, -0.2) is 18.8 Å². The normalized spacial score (nSPS) is 10.0. The maximum atomic E-state index is 11.8. The second-order valence-corrected chi connectivity index (χ2v) is 5.98. The smallest absolute Gasteiger partial charge is 0.262 e. The molecule has 6 heteroatoms. The van der Waals surface area contributed by atoms with Crippen LogP contribution in [0.4, 0.5) is 5.69 Å². The molecule has 21 heavy (non-hydrogen) atoms. The molecule has 2 rings (SSSR count). The van der Waals surface area contributed by atoms with Gasteiger partial charge in [0.15, 0.2) is 12.9 Å². The van der Waals surface area contributed by atoms with Crippen molar-refractivity contribution >= 4 is 49.7 Å². The number of aldehydes is 1. The fourth-order valence-electron chi connectivity index (χ4n) is 1.65. The SMILES string of the molecule is O=Cc1cc(Br)ccc1OCC(=O)Nc1cccc(Br)c1. The summed E-state index contributed by atoms with van der Waals surface area (Å²) >= 11 is 6.60. The third kappa shape index (κ3) is 4.68. The Morgan fingerprint density at radius 1 is 1.14 bits per heavy atom. The summed E-state index contributed by atoms with van der Waals surface area (Å²) in [5.74, 6) is 0.0745. The summed E-state index contributed by atoms with van der Waals surface area (Å²) in [5.41, 5.74) is 1.06. The van der Waals surface area contributed by atoms with Gasteiger partial charge in [-0.15, -0.1) is 0 Å². The zero-order valence-corrected chi connectivity index (χ0v) is 14.0. The summed E-state index contributed by atoms with van der Waals surface area (Å²) in [5, 5.41) is 2.71. The summed E-state index contributed by atoms with van der Waals surface area (Å²) in [6.45, 7) is -0.172. The maximum absolute atomic E-state index is 11.8. The van der Waals surface area contributed by atoms with Crippen molar-refractivity contribution < 1.29 is 14.3 Å². The van der Waals surface area contributed by atoms with Crippen molar-refractivity contribution in [1.82, 2.24) is 0 Å². The molecule has 0 saturated carbocycles. The second kappa shape index (κ2) is 7.38. The Morgan fingerprint density at radius 3 is 2.62 bits per heavy atom. The molecule has 2 aromatic carbocycles. The third-order valence-corrected chi connectivity index (χ3v) is 3.55. The van der Waals surface area contributed by atoms with Crippen LogP contribution in [0, 0.1) is 0 Å². The predicted octanol–water partition coefficient (Wildman–Crippen LogP) is 4.04. The summed E-state index contributed by atoms with van der Waals surface area (Å²) in [4.78, 5) is 22.8. The molecular weight excluding hydrogens is 402 g/mol. The van der Waals surface area contributed by atoms with E-state index in [0.717, 1.165) is 8.95 Å². The van der Waals surface area contributed by atoms with Gasteiger partial charge in [0.1, 0.15) is 5.75 Å². The van der Waals surface area contributed by atoms with Crippen LogP contribution < -0.4 is 10.1 Å². The minimum atomic E-state index is -0.298. The number of benzene rings is 2. The molecule has 0 bridgehead atoms. The molecule has 0 fully saturated rings. The number of anilines is 1. The van der Waals surface area contributed by atoms with Gasteiger partial charge in [-0.05, 0) is 36.4 Å². The number of carbonyl (C=O) groups excluding carboxylic acids is 2. The van der Waals surface area contributed by atoms with Gasteiger partial charge in [-0.3, -0.25) is 9.59 Å². The van der Waals surface area contributed by atoms with Crippen LogP contribution >= 0.6 is 31.9 Å². The van der Waals surface area contributed by atoms with Crippen molar-refractivity contribution in [2.24, 2.45) is 0 Å². The van der Waals surface area contributed by atoms with Crippen molar-refractivity contribution in [2.75, 3.05) is 11.9 Å². The molecule has 0 aliphatic rings. The minimum absolute atomic E-state index is 0.172. The van der Waals surface area contributed by atoms with E-state index in [-0.39, 0.29) is 12.5 Å². The lowest BCUT2D eigenvalue weighted by molar-refractivity contribution is -0.118. The Morgan fingerprint density at radius 2 is 1.90 bits per heavy atom. The molecule has 1 N–H and O–H groups in total. The van der Waals surface area contributed by atoms with Crippen molar-refractivity contribution in [3.05, 3.63) is 57.0 Å². The summed E-state index contributed by atoms with van der Waals surface area (Å²) < 4.78 is 7.02. The van der Waals surface area contributed by atoms with Crippen LogP contribution in [0.5, 0.6) is 5.75 Å². The first-order chi connectivity index (χ1) is 10.1. The van der Waals surface area contributed by atoms with Gasteiger partial charge in [0.25, 0.3) is 5.91 Å². The van der Waals surface area contributed by atoms with Crippen molar-refractivity contribution in [1.29, 1.82) is 0 Å². The lowest BCUT2D eigenvalue weighted by Crippen LogP contribution is -2.20. The highest BCUT2D eigenvalue weighted by atomic mass is 79.9. The van der Waals surface area contributed by atoms with Gasteiger partial charge in [-0.25, -0.2) is 0 Å². The Kier molecular flexibility index (Phi) is 5.52. The zero-order valence-electron chi connectivity index (χ0n) is 10.8.